The molecule has 2 unspecified atom stereocenters. The summed E-state index contributed by atoms with van der Waals surface area (Å²) >= 11 is 0. The van der Waals surface area contributed by atoms with E-state index in [1.807, 2.05) is 32.0 Å². The van der Waals surface area contributed by atoms with Gasteiger partial charge in [0, 0.05) is 12.1 Å². The summed E-state index contributed by atoms with van der Waals surface area (Å²) in [5.41, 5.74) is 14.9. The fourth-order valence-electron chi connectivity index (χ4n) is 1.46. The number of aliphatic hydroxyl groups excluding tert-OH is 1. The zero-order valence-corrected chi connectivity index (χ0v) is 8.70. The molecule has 0 fully saturated rings. The molecule has 0 heterocycles. The van der Waals surface area contributed by atoms with Crippen molar-refractivity contribution in [3.63, 3.8) is 0 Å². The molecule has 1 aromatic rings. The van der Waals surface area contributed by atoms with Crippen molar-refractivity contribution in [2.24, 2.45) is 11.5 Å². The number of rotatable bonds is 3. The molecule has 14 heavy (non-hydrogen) atoms. The van der Waals surface area contributed by atoms with E-state index in [-0.39, 0.29) is 12.6 Å². The lowest BCUT2D eigenvalue weighted by atomic mass is 9.95. The number of hydrogen-bond acceptors (Lipinski definition) is 3. The fourth-order valence-corrected chi connectivity index (χ4v) is 1.46. The Morgan fingerprint density at radius 2 is 1.93 bits per heavy atom. The van der Waals surface area contributed by atoms with Crippen molar-refractivity contribution in [3.05, 3.63) is 34.9 Å². The van der Waals surface area contributed by atoms with E-state index >= 15 is 0 Å². The highest BCUT2D eigenvalue weighted by Crippen LogP contribution is 2.19. The van der Waals surface area contributed by atoms with Crippen LogP contribution in [0.1, 0.15) is 22.7 Å². The van der Waals surface area contributed by atoms with Crippen LogP contribution < -0.4 is 11.5 Å². The maximum atomic E-state index is 8.92. The lowest BCUT2D eigenvalue weighted by molar-refractivity contribution is 0.249. The third kappa shape index (κ3) is 2.32. The van der Waals surface area contributed by atoms with Crippen molar-refractivity contribution in [1.29, 1.82) is 0 Å². The summed E-state index contributed by atoms with van der Waals surface area (Å²) in [6, 6.07) is 5.40. The molecule has 0 aliphatic rings. The molecule has 3 heteroatoms. The molecular formula is C11H18N2O. The molecule has 2 atom stereocenters. The molecule has 0 spiro atoms. The summed E-state index contributed by atoms with van der Waals surface area (Å²) in [5, 5.41) is 8.92. The number of hydrogen-bond donors (Lipinski definition) is 3. The fraction of sp³-hybridized carbons (Fsp3) is 0.455. The first-order chi connectivity index (χ1) is 6.56. The Hall–Kier alpha value is -0.900. The van der Waals surface area contributed by atoms with E-state index in [2.05, 4.69) is 0 Å². The van der Waals surface area contributed by atoms with Crippen molar-refractivity contribution in [2.75, 3.05) is 6.61 Å². The second-order valence-corrected chi connectivity index (χ2v) is 3.73. The van der Waals surface area contributed by atoms with Crippen LogP contribution in [-0.4, -0.2) is 17.8 Å². The number of benzene rings is 1. The highest BCUT2D eigenvalue weighted by atomic mass is 16.3. The number of aliphatic hydroxyl groups is 1. The minimum atomic E-state index is -0.393. The first-order valence-corrected chi connectivity index (χ1v) is 4.75. The van der Waals surface area contributed by atoms with Gasteiger partial charge >= 0.3 is 0 Å². The molecule has 1 rings (SSSR count). The van der Waals surface area contributed by atoms with Gasteiger partial charge in [-0.3, -0.25) is 0 Å². The van der Waals surface area contributed by atoms with Gasteiger partial charge in [0.25, 0.3) is 0 Å². The molecule has 0 bridgehead atoms. The van der Waals surface area contributed by atoms with Gasteiger partial charge in [-0.05, 0) is 25.0 Å². The first kappa shape index (κ1) is 11.2. The smallest absolute Gasteiger partial charge is 0.0601 e. The highest BCUT2D eigenvalue weighted by Gasteiger charge is 2.16. The Balaban J connectivity index is 2.99. The Morgan fingerprint density at radius 3 is 2.50 bits per heavy atom. The van der Waals surface area contributed by atoms with Gasteiger partial charge in [0.2, 0.25) is 0 Å². The minimum Gasteiger partial charge on any atom is -0.395 e. The van der Waals surface area contributed by atoms with Gasteiger partial charge < -0.3 is 16.6 Å². The van der Waals surface area contributed by atoms with Gasteiger partial charge in [-0.2, -0.15) is 0 Å². The zero-order chi connectivity index (χ0) is 10.7. The Labute approximate surface area is 84.7 Å². The van der Waals surface area contributed by atoms with Crippen molar-refractivity contribution >= 4 is 0 Å². The monoisotopic (exact) mass is 194 g/mol. The van der Waals surface area contributed by atoms with Gasteiger partial charge in [0.15, 0.2) is 0 Å². The average molecular weight is 194 g/mol. The quantitative estimate of drug-likeness (QED) is 0.660. The predicted molar refractivity (Wildman–Crippen MR) is 57.9 cm³/mol. The van der Waals surface area contributed by atoms with Gasteiger partial charge in [0.05, 0.1) is 6.61 Å². The van der Waals surface area contributed by atoms with Crippen molar-refractivity contribution < 1.29 is 5.11 Å². The van der Waals surface area contributed by atoms with Gasteiger partial charge in [0.1, 0.15) is 0 Å². The predicted octanol–water partition coefficient (Wildman–Crippen LogP) is 0.623. The van der Waals surface area contributed by atoms with E-state index < -0.39 is 6.04 Å². The third-order valence-corrected chi connectivity index (χ3v) is 2.47. The molecule has 0 saturated heterocycles. The van der Waals surface area contributed by atoms with E-state index in [0.717, 1.165) is 16.7 Å². The Bertz CT molecular complexity index is 312. The standard InChI is InChI=1S/C11H18N2O/c1-7-3-4-8(2)9(5-7)11(13)10(12)6-14/h3-5,10-11,14H,6,12-13H2,1-2H3. The molecule has 5 N–H and O–H groups in total. The van der Waals surface area contributed by atoms with Crippen LogP contribution in [-0.2, 0) is 0 Å². The molecule has 1 aromatic carbocycles. The van der Waals surface area contributed by atoms with Crippen LogP contribution in [0.2, 0.25) is 0 Å². The summed E-state index contributed by atoms with van der Waals surface area (Å²) in [5.74, 6) is 0. The van der Waals surface area contributed by atoms with Crippen LogP contribution in [0, 0.1) is 13.8 Å². The van der Waals surface area contributed by atoms with Crippen molar-refractivity contribution in [2.45, 2.75) is 25.9 Å². The van der Waals surface area contributed by atoms with E-state index in [0.29, 0.717) is 0 Å². The second-order valence-electron chi connectivity index (χ2n) is 3.73. The van der Waals surface area contributed by atoms with Crippen LogP contribution in [0.4, 0.5) is 0 Å². The highest BCUT2D eigenvalue weighted by molar-refractivity contribution is 5.33. The second kappa shape index (κ2) is 4.55. The molecule has 0 aliphatic heterocycles. The molecule has 0 radical (unpaired) electrons. The lowest BCUT2D eigenvalue weighted by Crippen LogP contribution is -2.37. The molecule has 3 nitrogen and oxygen atoms in total. The largest absolute Gasteiger partial charge is 0.395 e. The summed E-state index contributed by atoms with van der Waals surface area (Å²) < 4.78 is 0. The molecule has 0 aliphatic carbocycles. The van der Waals surface area contributed by atoms with Gasteiger partial charge in [-0.1, -0.05) is 23.8 Å². The van der Waals surface area contributed by atoms with E-state index in [1.54, 1.807) is 0 Å². The maximum Gasteiger partial charge on any atom is 0.0601 e. The van der Waals surface area contributed by atoms with Crippen LogP contribution in [0.5, 0.6) is 0 Å². The normalized spacial score (nSPS) is 15.2. The SMILES string of the molecule is Cc1ccc(C)c(C(N)C(N)CO)c1. The van der Waals surface area contributed by atoms with E-state index in [1.165, 1.54) is 0 Å². The molecule has 78 valence electrons. The van der Waals surface area contributed by atoms with Crippen LogP contribution in [0.25, 0.3) is 0 Å². The van der Waals surface area contributed by atoms with Crippen LogP contribution in [0.3, 0.4) is 0 Å². The Morgan fingerprint density at radius 1 is 1.29 bits per heavy atom. The molecular weight excluding hydrogens is 176 g/mol. The Kier molecular flexibility index (Phi) is 3.63. The van der Waals surface area contributed by atoms with Crippen LogP contribution in [0.15, 0.2) is 18.2 Å². The van der Waals surface area contributed by atoms with E-state index in [9.17, 15) is 0 Å². The summed E-state index contributed by atoms with van der Waals surface area (Å²) in [4.78, 5) is 0. The lowest BCUT2D eigenvalue weighted by Gasteiger charge is -2.20. The number of nitrogens with two attached hydrogens (primary N) is 2. The summed E-state index contributed by atoms with van der Waals surface area (Å²) in [6.45, 7) is 3.92. The summed E-state index contributed by atoms with van der Waals surface area (Å²) in [7, 11) is 0. The van der Waals surface area contributed by atoms with Crippen molar-refractivity contribution in [3.8, 4) is 0 Å². The van der Waals surface area contributed by atoms with E-state index in [4.69, 9.17) is 16.6 Å². The third-order valence-electron chi connectivity index (χ3n) is 2.47. The zero-order valence-electron chi connectivity index (χ0n) is 8.70. The van der Waals surface area contributed by atoms with Crippen LogP contribution >= 0.6 is 0 Å². The molecule has 0 amide bonds. The average Bonchev–Trinajstić information content (AvgIpc) is 2.19. The topological polar surface area (TPSA) is 72.3 Å². The number of aryl methyl sites for hydroxylation is 2. The summed E-state index contributed by atoms with van der Waals surface area (Å²) in [6.07, 6.45) is 0. The molecule has 0 aromatic heterocycles. The van der Waals surface area contributed by atoms with Crippen molar-refractivity contribution in [1.82, 2.24) is 0 Å². The maximum absolute atomic E-state index is 8.92. The molecule has 0 saturated carbocycles. The van der Waals surface area contributed by atoms with Gasteiger partial charge in [-0.25, -0.2) is 0 Å². The first-order valence-electron chi connectivity index (χ1n) is 4.75. The minimum absolute atomic E-state index is 0.0887. The van der Waals surface area contributed by atoms with Gasteiger partial charge in [-0.15, -0.1) is 0 Å².